The van der Waals surface area contributed by atoms with Crippen LogP contribution in [0.3, 0.4) is 0 Å². The number of carbonyl (C=O) groups excluding carboxylic acids is 5. The molecule has 1 aromatic carbocycles. The number of piperidine rings is 1. The number of esters is 1. The molecular formula is C26H32ClN5O6S. The zero-order valence-electron chi connectivity index (χ0n) is 22.0. The van der Waals surface area contributed by atoms with Crippen molar-refractivity contribution in [1.29, 1.82) is 0 Å². The van der Waals surface area contributed by atoms with Gasteiger partial charge in [-0.2, -0.15) is 0 Å². The summed E-state index contributed by atoms with van der Waals surface area (Å²) in [5, 5.41) is 6.01. The Bertz CT molecular complexity index is 1270. The van der Waals surface area contributed by atoms with Crippen LogP contribution in [-0.2, 0) is 32.2 Å². The second kappa shape index (κ2) is 13.5. The lowest BCUT2D eigenvalue weighted by atomic mass is 10.0. The first-order valence-corrected chi connectivity index (χ1v) is 13.7. The summed E-state index contributed by atoms with van der Waals surface area (Å²) in [7, 11) is 0. The van der Waals surface area contributed by atoms with E-state index in [-0.39, 0.29) is 38.4 Å². The molecule has 39 heavy (non-hydrogen) atoms. The van der Waals surface area contributed by atoms with Gasteiger partial charge >= 0.3 is 12.0 Å². The number of likely N-dealkylation sites (tertiary alicyclic amines) is 1. The Labute approximate surface area is 235 Å². The van der Waals surface area contributed by atoms with Gasteiger partial charge in [0.05, 0.1) is 18.0 Å². The fourth-order valence-electron chi connectivity index (χ4n) is 3.96. The van der Waals surface area contributed by atoms with Gasteiger partial charge in [-0.05, 0) is 42.7 Å². The zero-order valence-corrected chi connectivity index (χ0v) is 23.6. The van der Waals surface area contributed by atoms with Crippen LogP contribution in [0.25, 0.3) is 0 Å². The molecule has 1 unspecified atom stereocenters. The molecule has 1 saturated heterocycles. The number of urea groups is 1. The Balaban J connectivity index is 0.00000134. The quantitative estimate of drug-likeness (QED) is 0.337. The van der Waals surface area contributed by atoms with Crippen molar-refractivity contribution < 1.29 is 28.7 Å². The third-order valence-corrected chi connectivity index (χ3v) is 7.46. The van der Waals surface area contributed by atoms with E-state index in [9.17, 15) is 24.0 Å². The van der Waals surface area contributed by atoms with Gasteiger partial charge in [0.1, 0.15) is 6.04 Å². The molecule has 3 heterocycles. The molecule has 0 radical (unpaired) electrons. The Morgan fingerprint density at radius 3 is 2.56 bits per heavy atom. The molecule has 2 aliphatic rings. The second-order valence-electron chi connectivity index (χ2n) is 9.04. The van der Waals surface area contributed by atoms with Gasteiger partial charge in [0.15, 0.2) is 6.73 Å². The molecule has 1 atom stereocenters. The molecule has 13 heteroatoms. The van der Waals surface area contributed by atoms with Gasteiger partial charge in [0, 0.05) is 28.6 Å². The number of amides is 5. The van der Waals surface area contributed by atoms with Crippen LogP contribution in [0.5, 0.6) is 0 Å². The van der Waals surface area contributed by atoms with E-state index in [1.54, 1.807) is 18.2 Å². The maximum Gasteiger partial charge on any atom is 0.321 e. The van der Waals surface area contributed by atoms with Gasteiger partial charge in [0.2, 0.25) is 5.91 Å². The van der Waals surface area contributed by atoms with Gasteiger partial charge in [-0.3, -0.25) is 19.2 Å². The number of rotatable bonds is 7. The maximum absolute atomic E-state index is 13.1. The summed E-state index contributed by atoms with van der Waals surface area (Å²) in [5.74, 6) is -2.11. The minimum atomic E-state index is -0.833. The number of nitrogens with two attached hydrogens (primary N) is 1. The largest absolute Gasteiger partial charge is 0.443 e. The number of thiophene rings is 1. The Kier molecular flexibility index (Phi) is 10.4. The molecule has 5 amide bonds. The summed E-state index contributed by atoms with van der Waals surface area (Å²) in [6.07, 6.45) is 1.49. The highest BCUT2D eigenvalue weighted by atomic mass is 35.5. The molecule has 210 valence electrons. The average Bonchev–Trinajstić information content (AvgIpc) is 3.43. The predicted molar refractivity (Wildman–Crippen MR) is 147 cm³/mol. The van der Waals surface area contributed by atoms with Crippen molar-refractivity contribution in [3.05, 3.63) is 50.2 Å². The van der Waals surface area contributed by atoms with E-state index in [4.69, 9.17) is 22.1 Å². The number of aryl methyl sites for hydroxylation is 1. The third-order valence-electron chi connectivity index (χ3n) is 5.89. The van der Waals surface area contributed by atoms with Gasteiger partial charge in [-0.1, -0.05) is 37.9 Å². The topological polar surface area (TPSA) is 151 Å². The van der Waals surface area contributed by atoms with Crippen molar-refractivity contribution in [1.82, 2.24) is 15.1 Å². The molecular weight excluding hydrogens is 546 g/mol. The number of nitrogens with one attached hydrogen (secondary N) is 2. The number of imide groups is 1. The standard InChI is InChI=1S/C23H24ClN5O6S.C3H8/c1-12-2-3-14(7-16(12)24)27-23(34)26-9-15-6-13-10-28(22(33)20(13)36-15)17-4-5-18(30)29(21(17)32)11-35-19(31)8-25;1-3-2/h2-3,6-7,17H,4-5,8-11,25H2,1H3,(H2,26,27,34);3H2,1-2H3. The minimum absolute atomic E-state index is 0.0461. The van der Waals surface area contributed by atoms with Crippen LogP contribution >= 0.6 is 22.9 Å². The molecule has 4 rings (SSSR count). The first kappa shape index (κ1) is 30.1. The second-order valence-corrected chi connectivity index (χ2v) is 10.6. The summed E-state index contributed by atoms with van der Waals surface area (Å²) < 4.78 is 4.84. The Morgan fingerprint density at radius 1 is 1.21 bits per heavy atom. The van der Waals surface area contributed by atoms with Crippen LogP contribution in [0, 0.1) is 6.92 Å². The van der Waals surface area contributed by atoms with Crippen LogP contribution in [0.1, 0.15) is 58.8 Å². The van der Waals surface area contributed by atoms with Crippen molar-refractivity contribution in [2.45, 2.75) is 59.2 Å². The summed E-state index contributed by atoms with van der Waals surface area (Å²) in [4.78, 5) is 65.2. The van der Waals surface area contributed by atoms with Gasteiger partial charge < -0.3 is 26.0 Å². The van der Waals surface area contributed by atoms with Crippen LogP contribution < -0.4 is 16.4 Å². The molecule has 1 aromatic heterocycles. The number of fused-ring (bicyclic) bond motifs is 1. The molecule has 2 aliphatic heterocycles. The molecule has 1 fully saturated rings. The van der Waals surface area contributed by atoms with Crippen molar-refractivity contribution in [3.8, 4) is 0 Å². The van der Waals surface area contributed by atoms with E-state index < -0.39 is 36.6 Å². The van der Waals surface area contributed by atoms with Crippen molar-refractivity contribution in [3.63, 3.8) is 0 Å². The number of hydrogen-bond donors (Lipinski definition) is 3. The Morgan fingerprint density at radius 2 is 1.92 bits per heavy atom. The molecule has 11 nitrogen and oxygen atoms in total. The van der Waals surface area contributed by atoms with Crippen LogP contribution in [0.15, 0.2) is 24.3 Å². The lowest BCUT2D eigenvalue weighted by Gasteiger charge is -2.34. The van der Waals surface area contributed by atoms with E-state index >= 15 is 0 Å². The normalized spacial score (nSPS) is 16.4. The fourth-order valence-corrected chi connectivity index (χ4v) is 5.21. The van der Waals surface area contributed by atoms with E-state index in [1.807, 2.05) is 13.0 Å². The fraction of sp³-hybridized carbons (Fsp3) is 0.423. The van der Waals surface area contributed by atoms with Crippen LogP contribution in [-0.4, -0.2) is 58.8 Å². The molecule has 0 spiro atoms. The monoisotopic (exact) mass is 577 g/mol. The summed E-state index contributed by atoms with van der Waals surface area (Å²) in [6.45, 7) is 5.64. The number of hydrogen-bond acceptors (Lipinski definition) is 8. The lowest BCUT2D eigenvalue weighted by Crippen LogP contribution is -2.55. The minimum Gasteiger partial charge on any atom is -0.443 e. The molecule has 0 bridgehead atoms. The highest BCUT2D eigenvalue weighted by molar-refractivity contribution is 7.14. The highest BCUT2D eigenvalue weighted by Gasteiger charge is 2.43. The zero-order chi connectivity index (χ0) is 28.7. The molecule has 4 N–H and O–H groups in total. The third kappa shape index (κ3) is 7.34. The number of nitrogens with zero attached hydrogens (tertiary/aromatic N) is 2. The predicted octanol–water partition coefficient (Wildman–Crippen LogP) is 3.38. The lowest BCUT2D eigenvalue weighted by molar-refractivity contribution is -0.163. The SMILES string of the molecule is CCC.Cc1ccc(NC(=O)NCc2cc3c(s2)C(=O)N(C2CCC(=O)N(COC(=O)CN)C2=O)C3)cc1Cl. The van der Waals surface area contributed by atoms with Gasteiger partial charge in [-0.15, -0.1) is 11.3 Å². The summed E-state index contributed by atoms with van der Waals surface area (Å²) >= 11 is 7.32. The van der Waals surface area contributed by atoms with E-state index in [0.29, 0.717) is 15.6 Å². The number of anilines is 1. The van der Waals surface area contributed by atoms with Crippen LogP contribution in [0.2, 0.25) is 5.02 Å². The van der Waals surface area contributed by atoms with E-state index in [2.05, 4.69) is 24.5 Å². The van der Waals surface area contributed by atoms with Crippen molar-refractivity contribution in [2.24, 2.45) is 5.73 Å². The maximum atomic E-state index is 13.1. The van der Waals surface area contributed by atoms with Crippen molar-refractivity contribution in [2.75, 3.05) is 18.6 Å². The van der Waals surface area contributed by atoms with Gasteiger partial charge in [0.25, 0.3) is 11.8 Å². The number of benzene rings is 1. The summed E-state index contributed by atoms with van der Waals surface area (Å²) in [5.41, 5.74) is 7.40. The molecule has 0 saturated carbocycles. The first-order chi connectivity index (χ1) is 18.6. The van der Waals surface area contributed by atoms with Crippen molar-refractivity contribution >= 4 is 58.3 Å². The number of halogens is 1. The highest BCUT2D eigenvalue weighted by Crippen LogP contribution is 2.34. The smallest absolute Gasteiger partial charge is 0.321 e. The summed E-state index contributed by atoms with van der Waals surface area (Å²) in [6, 6.07) is 5.78. The molecule has 2 aromatic rings. The van der Waals surface area contributed by atoms with E-state index in [0.717, 1.165) is 20.9 Å². The number of carbonyl (C=O) groups is 5. The average molecular weight is 578 g/mol. The Hall–Kier alpha value is -3.48. The first-order valence-electron chi connectivity index (χ1n) is 12.5. The molecule has 0 aliphatic carbocycles. The van der Waals surface area contributed by atoms with Gasteiger partial charge in [-0.25, -0.2) is 9.69 Å². The van der Waals surface area contributed by atoms with Crippen LogP contribution in [0.4, 0.5) is 10.5 Å². The number of ether oxygens (including phenoxy) is 1. The van der Waals surface area contributed by atoms with E-state index in [1.165, 1.54) is 22.7 Å².